The van der Waals surface area contributed by atoms with Crippen LogP contribution >= 0.6 is 0 Å². The van der Waals surface area contributed by atoms with Crippen molar-refractivity contribution < 1.29 is 4.92 Å². The lowest BCUT2D eigenvalue weighted by Gasteiger charge is -2.23. The van der Waals surface area contributed by atoms with E-state index in [2.05, 4.69) is 20.0 Å². The van der Waals surface area contributed by atoms with E-state index in [9.17, 15) is 10.1 Å². The van der Waals surface area contributed by atoms with E-state index in [4.69, 9.17) is 0 Å². The Kier molecular flexibility index (Phi) is 4.50. The first-order valence-corrected chi connectivity index (χ1v) is 8.28. The first kappa shape index (κ1) is 17.7. The summed E-state index contributed by atoms with van der Waals surface area (Å²) < 4.78 is 0. The van der Waals surface area contributed by atoms with Crippen LogP contribution in [-0.4, -0.2) is 34.4 Å². The zero-order valence-electron chi connectivity index (χ0n) is 15.1. The number of nitro groups is 1. The molecule has 1 aromatic heterocycles. The van der Waals surface area contributed by atoms with Crippen LogP contribution in [-0.2, 0) is 5.66 Å². The predicted octanol–water partition coefficient (Wildman–Crippen LogP) is 3.60. The lowest BCUT2D eigenvalue weighted by atomic mass is 10.0. The molecule has 2 heterocycles. The van der Waals surface area contributed by atoms with Gasteiger partial charge in [0.1, 0.15) is 5.69 Å². The number of nitrogens with zero attached hydrogens (tertiary/aromatic N) is 6. The summed E-state index contributed by atoms with van der Waals surface area (Å²) in [7, 11) is 1.83. The molecule has 134 valence electrons. The second-order valence-corrected chi connectivity index (χ2v) is 6.49. The van der Waals surface area contributed by atoms with Crippen LogP contribution in [0.15, 0.2) is 40.3 Å². The van der Waals surface area contributed by atoms with Gasteiger partial charge < -0.3 is 4.90 Å². The van der Waals surface area contributed by atoms with Crippen molar-refractivity contribution in [1.82, 2.24) is 9.97 Å². The topological polar surface area (TPSA) is 96.9 Å². The summed E-state index contributed by atoms with van der Waals surface area (Å²) in [5, 5.41) is 11.8. The Hall–Kier alpha value is -3.16. The Labute approximate surface area is 151 Å². The molecule has 0 unspecified atom stereocenters. The third-order valence-electron chi connectivity index (χ3n) is 4.24. The Morgan fingerprint density at radius 1 is 1.12 bits per heavy atom. The number of hydrogen-bond acceptors (Lipinski definition) is 7. The van der Waals surface area contributed by atoms with Crippen LogP contribution in [0, 0.1) is 10.1 Å². The van der Waals surface area contributed by atoms with Gasteiger partial charge in [0, 0.05) is 31.1 Å². The average molecular weight is 352 g/mol. The lowest BCUT2D eigenvalue weighted by molar-refractivity contribution is -0.387. The summed E-state index contributed by atoms with van der Waals surface area (Å²) in [6.45, 7) is 5.45. The van der Waals surface area contributed by atoms with Gasteiger partial charge in [0.2, 0.25) is 5.95 Å². The highest BCUT2D eigenvalue weighted by molar-refractivity contribution is 6.17. The predicted molar refractivity (Wildman–Crippen MR) is 102 cm³/mol. The lowest BCUT2D eigenvalue weighted by Crippen LogP contribution is -2.23. The van der Waals surface area contributed by atoms with Gasteiger partial charge in [-0.05, 0) is 19.1 Å². The second kappa shape index (κ2) is 6.62. The van der Waals surface area contributed by atoms with Gasteiger partial charge in [-0.15, -0.1) is 0 Å². The molecule has 26 heavy (non-hydrogen) atoms. The Morgan fingerprint density at radius 3 is 2.27 bits per heavy atom. The van der Waals surface area contributed by atoms with E-state index in [0.29, 0.717) is 11.6 Å². The molecule has 0 saturated heterocycles. The van der Waals surface area contributed by atoms with Crippen LogP contribution in [0.3, 0.4) is 0 Å². The molecule has 8 heteroatoms. The molecule has 0 bridgehead atoms. The standard InChI is InChI=1S/C18H20N6O2/c1-12(2)14-15(24(25)26)16(18(3)19-10-11-20-18)22-17(21-14)23(4)13-8-6-5-7-9-13/h5-12H,1-4H3. The second-order valence-electron chi connectivity index (χ2n) is 6.49. The van der Waals surface area contributed by atoms with Crippen LogP contribution in [0.2, 0.25) is 0 Å². The molecule has 0 spiro atoms. The zero-order chi connectivity index (χ0) is 18.9. The molecule has 0 aliphatic carbocycles. The van der Waals surface area contributed by atoms with Crippen LogP contribution in [0.4, 0.5) is 17.3 Å². The average Bonchev–Trinajstić information content (AvgIpc) is 3.08. The minimum atomic E-state index is -1.12. The van der Waals surface area contributed by atoms with Gasteiger partial charge >= 0.3 is 5.69 Å². The molecule has 3 rings (SSSR count). The molecule has 0 atom stereocenters. The fraction of sp³-hybridized carbons (Fsp3) is 0.333. The molecule has 1 aromatic carbocycles. The Bertz CT molecular complexity index is 880. The summed E-state index contributed by atoms with van der Waals surface area (Å²) in [6, 6.07) is 9.59. The highest BCUT2D eigenvalue weighted by Gasteiger charge is 2.39. The minimum absolute atomic E-state index is 0.121. The van der Waals surface area contributed by atoms with Crippen LogP contribution in [0.5, 0.6) is 0 Å². The highest BCUT2D eigenvalue weighted by atomic mass is 16.6. The number of anilines is 2. The summed E-state index contributed by atoms with van der Waals surface area (Å²) in [4.78, 5) is 30.8. The summed E-state index contributed by atoms with van der Waals surface area (Å²) >= 11 is 0. The maximum Gasteiger partial charge on any atom is 0.317 e. The van der Waals surface area contributed by atoms with Crippen molar-refractivity contribution in [2.45, 2.75) is 32.4 Å². The van der Waals surface area contributed by atoms with E-state index in [-0.39, 0.29) is 17.3 Å². The maximum atomic E-state index is 11.8. The van der Waals surface area contributed by atoms with Crippen molar-refractivity contribution in [2.24, 2.45) is 9.98 Å². The van der Waals surface area contributed by atoms with Crippen LogP contribution in [0.25, 0.3) is 0 Å². The van der Waals surface area contributed by atoms with Gasteiger partial charge in [0.25, 0.3) is 0 Å². The van der Waals surface area contributed by atoms with Gasteiger partial charge in [-0.2, -0.15) is 0 Å². The summed E-state index contributed by atoms with van der Waals surface area (Å²) in [6.07, 6.45) is 3.06. The number of hydrogen-bond donors (Lipinski definition) is 0. The summed E-state index contributed by atoms with van der Waals surface area (Å²) in [5.74, 6) is 0.220. The molecule has 0 amide bonds. The van der Waals surface area contributed by atoms with E-state index < -0.39 is 10.6 Å². The molecule has 0 N–H and O–H groups in total. The fourth-order valence-electron chi connectivity index (χ4n) is 2.80. The van der Waals surface area contributed by atoms with Crippen LogP contribution in [0.1, 0.15) is 38.1 Å². The largest absolute Gasteiger partial charge is 0.317 e. The molecular formula is C18H20N6O2. The van der Waals surface area contributed by atoms with E-state index in [1.54, 1.807) is 11.8 Å². The first-order valence-electron chi connectivity index (χ1n) is 8.28. The van der Waals surface area contributed by atoms with Crippen molar-refractivity contribution in [3.63, 3.8) is 0 Å². The van der Waals surface area contributed by atoms with Gasteiger partial charge in [0.15, 0.2) is 11.4 Å². The molecule has 1 aliphatic heterocycles. The third kappa shape index (κ3) is 3.05. The van der Waals surface area contributed by atoms with E-state index >= 15 is 0 Å². The monoisotopic (exact) mass is 352 g/mol. The normalized spacial score (nSPS) is 14.8. The Morgan fingerprint density at radius 2 is 1.73 bits per heavy atom. The minimum Gasteiger partial charge on any atom is -0.314 e. The van der Waals surface area contributed by atoms with Gasteiger partial charge in [-0.1, -0.05) is 32.0 Å². The van der Waals surface area contributed by atoms with Crippen molar-refractivity contribution in [3.8, 4) is 0 Å². The quantitative estimate of drug-likeness (QED) is 0.605. The molecule has 0 fully saturated rings. The van der Waals surface area contributed by atoms with E-state index in [0.717, 1.165) is 5.69 Å². The zero-order valence-corrected chi connectivity index (χ0v) is 15.1. The molecular weight excluding hydrogens is 332 g/mol. The fourth-order valence-corrected chi connectivity index (χ4v) is 2.80. The van der Waals surface area contributed by atoms with E-state index in [1.807, 2.05) is 51.2 Å². The third-order valence-corrected chi connectivity index (χ3v) is 4.24. The van der Waals surface area contributed by atoms with Crippen molar-refractivity contribution in [2.75, 3.05) is 11.9 Å². The first-order chi connectivity index (χ1) is 12.3. The van der Waals surface area contributed by atoms with Crippen molar-refractivity contribution in [1.29, 1.82) is 0 Å². The van der Waals surface area contributed by atoms with Crippen molar-refractivity contribution in [3.05, 3.63) is 51.8 Å². The number of benzene rings is 1. The summed E-state index contributed by atoms with van der Waals surface area (Å²) in [5.41, 5.74) is 0.205. The van der Waals surface area contributed by atoms with Gasteiger partial charge in [-0.25, -0.2) is 9.97 Å². The smallest absolute Gasteiger partial charge is 0.314 e. The molecule has 1 aliphatic rings. The molecule has 0 radical (unpaired) electrons. The van der Waals surface area contributed by atoms with E-state index in [1.165, 1.54) is 12.4 Å². The van der Waals surface area contributed by atoms with Crippen molar-refractivity contribution >= 4 is 29.8 Å². The number of para-hydroxylation sites is 1. The maximum absolute atomic E-state index is 11.8. The number of aliphatic imine (C=N–C) groups is 2. The Balaban J connectivity index is 2.25. The molecule has 2 aromatic rings. The number of rotatable bonds is 5. The molecule has 8 nitrogen and oxygen atoms in total. The number of aromatic nitrogens is 2. The molecule has 0 saturated carbocycles. The SMILES string of the molecule is CC(C)c1nc(N(C)c2ccccc2)nc(C2(C)N=CC=N2)c1[N+](=O)[O-]. The van der Waals surface area contributed by atoms with Gasteiger partial charge in [0.05, 0.1) is 4.92 Å². The van der Waals surface area contributed by atoms with Crippen LogP contribution < -0.4 is 4.90 Å². The van der Waals surface area contributed by atoms with Gasteiger partial charge in [-0.3, -0.25) is 20.1 Å². The highest BCUT2D eigenvalue weighted by Crippen LogP contribution is 2.39.